The summed E-state index contributed by atoms with van der Waals surface area (Å²) < 4.78 is 20.8. The zero-order valence-corrected chi connectivity index (χ0v) is 16.3. The fourth-order valence-electron chi connectivity index (χ4n) is 2.55. The molecule has 2 aromatic rings. The molecule has 7 heteroatoms. The van der Waals surface area contributed by atoms with Crippen LogP contribution in [0.4, 0.5) is 0 Å². The predicted octanol–water partition coefficient (Wildman–Crippen LogP) is 2.89. The van der Waals surface area contributed by atoms with Crippen LogP contribution < -0.4 is 19.5 Å². The van der Waals surface area contributed by atoms with Crippen LogP contribution in [0.1, 0.15) is 24.9 Å². The maximum absolute atomic E-state index is 12.4. The van der Waals surface area contributed by atoms with Crippen molar-refractivity contribution in [2.75, 3.05) is 27.4 Å². The summed E-state index contributed by atoms with van der Waals surface area (Å²) in [5, 5.41) is 2.82. The van der Waals surface area contributed by atoms with Crippen molar-refractivity contribution in [2.24, 2.45) is 0 Å². The third-order valence-corrected chi connectivity index (χ3v) is 3.94. The minimum Gasteiger partial charge on any atom is -0.497 e. The molecule has 1 amide bonds. The number of benzene rings is 2. The molecule has 0 radical (unpaired) electrons. The SMILES string of the molecule is CCOC(=O)C[C@@H](NC(=O)COc1ccc(OC)cc1)c1cccc(OC)c1. The summed E-state index contributed by atoms with van der Waals surface area (Å²) in [6, 6.07) is 13.5. The van der Waals surface area contributed by atoms with Gasteiger partial charge in [0.25, 0.3) is 5.91 Å². The van der Waals surface area contributed by atoms with Gasteiger partial charge in [0.1, 0.15) is 17.2 Å². The topological polar surface area (TPSA) is 83.1 Å². The quantitative estimate of drug-likeness (QED) is 0.631. The molecule has 150 valence electrons. The maximum Gasteiger partial charge on any atom is 0.308 e. The van der Waals surface area contributed by atoms with E-state index in [0.717, 1.165) is 5.56 Å². The van der Waals surface area contributed by atoms with Crippen LogP contribution in [0.3, 0.4) is 0 Å². The van der Waals surface area contributed by atoms with E-state index in [9.17, 15) is 9.59 Å². The van der Waals surface area contributed by atoms with Gasteiger partial charge in [-0.3, -0.25) is 9.59 Å². The number of amides is 1. The molecular formula is C21H25NO6. The summed E-state index contributed by atoms with van der Waals surface area (Å²) >= 11 is 0. The summed E-state index contributed by atoms with van der Waals surface area (Å²) in [5.41, 5.74) is 0.741. The number of methoxy groups -OCH3 is 2. The van der Waals surface area contributed by atoms with Crippen molar-refractivity contribution in [3.05, 3.63) is 54.1 Å². The van der Waals surface area contributed by atoms with E-state index < -0.39 is 12.0 Å². The van der Waals surface area contributed by atoms with Gasteiger partial charge in [-0.05, 0) is 48.9 Å². The molecule has 0 heterocycles. The van der Waals surface area contributed by atoms with E-state index in [1.165, 1.54) is 0 Å². The molecule has 0 aliphatic rings. The van der Waals surface area contributed by atoms with Crippen LogP contribution >= 0.6 is 0 Å². The highest BCUT2D eigenvalue weighted by Crippen LogP contribution is 2.22. The van der Waals surface area contributed by atoms with E-state index >= 15 is 0 Å². The van der Waals surface area contributed by atoms with Crippen LogP contribution in [0.25, 0.3) is 0 Å². The zero-order chi connectivity index (χ0) is 20.4. The first kappa shape index (κ1) is 21.1. The minimum absolute atomic E-state index is 0.00921. The van der Waals surface area contributed by atoms with Gasteiger partial charge < -0.3 is 24.3 Å². The molecule has 2 aromatic carbocycles. The van der Waals surface area contributed by atoms with E-state index in [4.69, 9.17) is 18.9 Å². The Morgan fingerprint density at radius 2 is 1.64 bits per heavy atom. The highest BCUT2D eigenvalue weighted by molar-refractivity contribution is 5.79. The van der Waals surface area contributed by atoms with E-state index in [1.807, 2.05) is 6.07 Å². The van der Waals surface area contributed by atoms with Crippen molar-refractivity contribution < 1.29 is 28.5 Å². The van der Waals surface area contributed by atoms with Gasteiger partial charge in [-0.1, -0.05) is 12.1 Å². The number of ether oxygens (including phenoxy) is 4. The molecule has 0 bridgehead atoms. The van der Waals surface area contributed by atoms with Gasteiger partial charge in [0.05, 0.1) is 33.3 Å². The van der Waals surface area contributed by atoms with Crippen molar-refractivity contribution in [1.29, 1.82) is 0 Å². The second-order valence-corrected chi connectivity index (χ2v) is 5.87. The largest absolute Gasteiger partial charge is 0.497 e. The first-order valence-corrected chi connectivity index (χ1v) is 8.91. The molecule has 28 heavy (non-hydrogen) atoms. The Bertz CT molecular complexity index is 775. The fraction of sp³-hybridized carbons (Fsp3) is 0.333. The lowest BCUT2D eigenvalue weighted by Crippen LogP contribution is -2.34. The van der Waals surface area contributed by atoms with Crippen LogP contribution in [-0.2, 0) is 14.3 Å². The van der Waals surface area contributed by atoms with Crippen molar-refractivity contribution in [2.45, 2.75) is 19.4 Å². The molecule has 0 fully saturated rings. The van der Waals surface area contributed by atoms with E-state index in [2.05, 4.69) is 5.32 Å². The minimum atomic E-state index is -0.555. The molecule has 1 N–H and O–H groups in total. The van der Waals surface area contributed by atoms with Gasteiger partial charge >= 0.3 is 5.97 Å². The van der Waals surface area contributed by atoms with E-state index in [1.54, 1.807) is 63.6 Å². The van der Waals surface area contributed by atoms with Crippen LogP contribution in [0, 0.1) is 0 Å². The monoisotopic (exact) mass is 387 g/mol. The Morgan fingerprint density at radius 3 is 2.29 bits per heavy atom. The Kier molecular flexibility index (Phi) is 8.14. The maximum atomic E-state index is 12.4. The van der Waals surface area contributed by atoms with Gasteiger partial charge in [-0.15, -0.1) is 0 Å². The van der Waals surface area contributed by atoms with Crippen LogP contribution in [0.5, 0.6) is 17.2 Å². The summed E-state index contributed by atoms with van der Waals surface area (Å²) in [6.07, 6.45) is 0.00921. The van der Waals surface area contributed by atoms with Crippen LogP contribution in [0.2, 0.25) is 0 Å². The summed E-state index contributed by atoms with van der Waals surface area (Å²) in [7, 11) is 3.13. The van der Waals surface area contributed by atoms with Crippen molar-refractivity contribution in [3.63, 3.8) is 0 Å². The first-order valence-electron chi connectivity index (χ1n) is 8.91. The van der Waals surface area contributed by atoms with Gasteiger partial charge in [0.2, 0.25) is 0 Å². The number of carbonyl (C=O) groups is 2. The lowest BCUT2D eigenvalue weighted by atomic mass is 10.0. The standard InChI is InChI=1S/C21H25NO6/c1-4-27-21(24)13-19(15-6-5-7-18(12-15)26-3)22-20(23)14-28-17-10-8-16(25-2)9-11-17/h5-12,19H,4,13-14H2,1-3H3,(H,22,23)/t19-/m1/s1. The second kappa shape index (κ2) is 10.8. The van der Waals surface area contributed by atoms with Crippen molar-refractivity contribution in [1.82, 2.24) is 5.32 Å². The number of rotatable bonds is 10. The number of nitrogens with one attached hydrogen (secondary N) is 1. The third kappa shape index (κ3) is 6.50. The molecular weight excluding hydrogens is 362 g/mol. The lowest BCUT2D eigenvalue weighted by Gasteiger charge is -2.19. The van der Waals surface area contributed by atoms with E-state index in [0.29, 0.717) is 17.2 Å². The average Bonchev–Trinajstić information content (AvgIpc) is 2.72. The Labute approximate surface area is 164 Å². The van der Waals surface area contributed by atoms with Gasteiger partial charge in [-0.25, -0.2) is 0 Å². The lowest BCUT2D eigenvalue weighted by molar-refractivity contribution is -0.143. The number of hydrogen-bond donors (Lipinski definition) is 1. The van der Waals surface area contributed by atoms with Gasteiger partial charge in [0, 0.05) is 0 Å². The Balaban J connectivity index is 2.02. The molecule has 0 aliphatic heterocycles. The summed E-state index contributed by atoms with van der Waals surface area (Å²) in [5.74, 6) is 1.12. The number of carbonyl (C=O) groups excluding carboxylic acids is 2. The smallest absolute Gasteiger partial charge is 0.308 e. The molecule has 0 saturated carbocycles. The van der Waals surface area contributed by atoms with E-state index in [-0.39, 0.29) is 25.5 Å². The van der Waals surface area contributed by atoms with Crippen molar-refractivity contribution in [3.8, 4) is 17.2 Å². The third-order valence-electron chi connectivity index (χ3n) is 3.94. The Morgan fingerprint density at radius 1 is 0.964 bits per heavy atom. The number of hydrogen-bond acceptors (Lipinski definition) is 6. The molecule has 7 nitrogen and oxygen atoms in total. The molecule has 0 saturated heterocycles. The van der Waals surface area contributed by atoms with Crippen LogP contribution in [0.15, 0.2) is 48.5 Å². The molecule has 1 atom stereocenters. The average molecular weight is 387 g/mol. The highest BCUT2D eigenvalue weighted by Gasteiger charge is 2.20. The molecule has 0 unspecified atom stereocenters. The molecule has 0 spiro atoms. The first-order chi connectivity index (χ1) is 13.5. The normalized spacial score (nSPS) is 11.2. The van der Waals surface area contributed by atoms with Gasteiger partial charge in [-0.2, -0.15) is 0 Å². The highest BCUT2D eigenvalue weighted by atomic mass is 16.5. The second-order valence-electron chi connectivity index (χ2n) is 5.87. The summed E-state index contributed by atoms with van der Waals surface area (Å²) in [4.78, 5) is 24.3. The predicted molar refractivity (Wildman–Crippen MR) is 104 cm³/mol. The molecule has 0 aromatic heterocycles. The van der Waals surface area contributed by atoms with Crippen LogP contribution in [-0.4, -0.2) is 39.3 Å². The Hall–Kier alpha value is -3.22. The molecule has 0 aliphatic carbocycles. The summed E-state index contributed by atoms with van der Waals surface area (Å²) in [6.45, 7) is 1.83. The molecule has 2 rings (SSSR count). The zero-order valence-electron chi connectivity index (χ0n) is 16.3. The van der Waals surface area contributed by atoms with Gasteiger partial charge in [0.15, 0.2) is 6.61 Å². The fourth-order valence-corrected chi connectivity index (χ4v) is 2.55. The van der Waals surface area contributed by atoms with Crippen molar-refractivity contribution >= 4 is 11.9 Å². The number of esters is 1.